The van der Waals surface area contributed by atoms with Gasteiger partial charge in [-0.1, -0.05) is 24.3 Å². The average molecular weight is 281 g/mol. The van der Waals surface area contributed by atoms with Gasteiger partial charge in [0.2, 0.25) is 0 Å². The fourth-order valence-electron chi connectivity index (χ4n) is 2.42. The second-order valence-electron chi connectivity index (χ2n) is 4.95. The Morgan fingerprint density at radius 3 is 2.38 bits per heavy atom. The largest absolute Gasteiger partial charge is 0.330 e. The zero-order chi connectivity index (χ0) is 14.8. The minimum absolute atomic E-state index is 0.238. The SMILES string of the molecule is NCCc1ccc(CN2C(=O)c3cccnc3C2=O)cc1. The van der Waals surface area contributed by atoms with Crippen molar-refractivity contribution in [3.05, 3.63) is 65.0 Å². The number of carbonyl (C=O) groups is 2. The average Bonchev–Trinajstić information content (AvgIpc) is 2.75. The zero-order valence-electron chi connectivity index (χ0n) is 11.5. The monoisotopic (exact) mass is 281 g/mol. The lowest BCUT2D eigenvalue weighted by Gasteiger charge is -2.13. The van der Waals surface area contributed by atoms with E-state index in [1.165, 1.54) is 11.1 Å². The van der Waals surface area contributed by atoms with E-state index >= 15 is 0 Å². The highest BCUT2D eigenvalue weighted by Gasteiger charge is 2.36. The third-order valence-corrected chi connectivity index (χ3v) is 3.53. The van der Waals surface area contributed by atoms with Crippen LogP contribution in [-0.4, -0.2) is 28.2 Å². The fourth-order valence-corrected chi connectivity index (χ4v) is 2.42. The number of carbonyl (C=O) groups excluding carboxylic acids is 2. The summed E-state index contributed by atoms with van der Waals surface area (Å²) in [5, 5.41) is 0. The summed E-state index contributed by atoms with van der Waals surface area (Å²) < 4.78 is 0. The Balaban J connectivity index is 1.80. The topological polar surface area (TPSA) is 76.3 Å². The molecule has 2 heterocycles. The molecule has 1 aromatic carbocycles. The number of hydrogen-bond donors (Lipinski definition) is 1. The molecule has 0 spiro atoms. The summed E-state index contributed by atoms with van der Waals surface area (Å²) in [6, 6.07) is 11.1. The molecular weight excluding hydrogens is 266 g/mol. The number of benzene rings is 1. The van der Waals surface area contributed by atoms with E-state index < -0.39 is 0 Å². The van der Waals surface area contributed by atoms with E-state index in [-0.39, 0.29) is 24.1 Å². The molecule has 0 atom stereocenters. The number of rotatable bonds is 4. The van der Waals surface area contributed by atoms with Crippen molar-refractivity contribution in [1.82, 2.24) is 9.88 Å². The second kappa shape index (κ2) is 5.46. The molecule has 106 valence electrons. The predicted octanol–water partition coefficient (Wildman–Crippen LogP) is 1.38. The molecule has 0 fully saturated rings. The van der Waals surface area contributed by atoms with Gasteiger partial charge in [-0.3, -0.25) is 19.5 Å². The first-order valence-corrected chi connectivity index (χ1v) is 6.80. The summed E-state index contributed by atoms with van der Waals surface area (Å²) in [7, 11) is 0. The van der Waals surface area contributed by atoms with Gasteiger partial charge in [0, 0.05) is 6.20 Å². The highest BCUT2D eigenvalue weighted by molar-refractivity contribution is 6.20. The quantitative estimate of drug-likeness (QED) is 0.859. The van der Waals surface area contributed by atoms with E-state index in [4.69, 9.17) is 5.73 Å². The van der Waals surface area contributed by atoms with Crippen molar-refractivity contribution in [3.63, 3.8) is 0 Å². The number of aromatic nitrogens is 1. The van der Waals surface area contributed by atoms with Crippen molar-refractivity contribution in [2.45, 2.75) is 13.0 Å². The van der Waals surface area contributed by atoms with Crippen molar-refractivity contribution in [1.29, 1.82) is 0 Å². The Labute approximate surface area is 122 Å². The Morgan fingerprint density at radius 2 is 1.71 bits per heavy atom. The predicted molar refractivity (Wildman–Crippen MR) is 77.6 cm³/mol. The number of amides is 2. The Kier molecular flexibility index (Phi) is 3.50. The molecule has 1 aliphatic heterocycles. The van der Waals surface area contributed by atoms with Gasteiger partial charge in [0.15, 0.2) is 0 Å². The molecule has 0 saturated carbocycles. The number of fused-ring (bicyclic) bond motifs is 1. The molecule has 0 saturated heterocycles. The molecule has 5 heteroatoms. The lowest BCUT2D eigenvalue weighted by atomic mass is 10.1. The highest BCUT2D eigenvalue weighted by atomic mass is 16.2. The van der Waals surface area contributed by atoms with Gasteiger partial charge in [-0.05, 0) is 36.2 Å². The normalized spacial score (nSPS) is 13.7. The van der Waals surface area contributed by atoms with Crippen molar-refractivity contribution >= 4 is 11.8 Å². The van der Waals surface area contributed by atoms with Gasteiger partial charge in [0.1, 0.15) is 5.69 Å². The standard InChI is InChI=1S/C16H15N3O2/c17-8-7-11-3-5-12(6-4-11)10-19-15(20)13-2-1-9-18-14(13)16(19)21/h1-6,9H,7-8,10,17H2. The number of pyridine rings is 1. The van der Waals surface area contributed by atoms with Crippen LogP contribution in [-0.2, 0) is 13.0 Å². The number of nitrogens with two attached hydrogens (primary N) is 1. The van der Waals surface area contributed by atoms with Crippen LogP contribution in [0.1, 0.15) is 32.0 Å². The van der Waals surface area contributed by atoms with Gasteiger partial charge in [-0.15, -0.1) is 0 Å². The van der Waals surface area contributed by atoms with Crippen molar-refractivity contribution in [2.75, 3.05) is 6.54 Å². The summed E-state index contributed by atoms with van der Waals surface area (Å²) in [6.07, 6.45) is 2.34. The Morgan fingerprint density at radius 1 is 1.00 bits per heavy atom. The lowest BCUT2D eigenvalue weighted by Crippen LogP contribution is -2.29. The van der Waals surface area contributed by atoms with Crippen LogP contribution in [0, 0.1) is 0 Å². The van der Waals surface area contributed by atoms with Crippen LogP contribution < -0.4 is 5.73 Å². The molecule has 1 aromatic heterocycles. The van der Waals surface area contributed by atoms with Crippen molar-refractivity contribution < 1.29 is 9.59 Å². The van der Waals surface area contributed by atoms with Crippen LogP contribution >= 0.6 is 0 Å². The number of hydrogen-bond acceptors (Lipinski definition) is 4. The van der Waals surface area contributed by atoms with E-state index in [1.807, 2.05) is 24.3 Å². The summed E-state index contributed by atoms with van der Waals surface area (Å²) in [5.74, 6) is -0.615. The first kappa shape index (κ1) is 13.5. The van der Waals surface area contributed by atoms with Crippen LogP contribution in [0.2, 0.25) is 0 Å². The zero-order valence-corrected chi connectivity index (χ0v) is 11.5. The second-order valence-corrected chi connectivity index (χ2v) is 4.95. The minimum atomic E-state index is -0.332. The van der Waals surface area contributed by atoms with Crippen LogP contribution in [0.4, 0.5) is 0 Å². The van der Waals surface area contributed by atoms with Crippen LogP contribution in [0.15, 0.2) is 42.6 Å². The van der Waals surface area contributed by atoms with Gasteiger partial charge in [-0.25, -0.2) is 0 Å². The van der Waals surface area contributed by atoms with E-state index in [0.717, 1.165) is 17.5 Å². The maximum atomic E-state index is 12.2. The minimum Gasteiger partial charge on any atom is -0.330 e. The van der Waals surface area contributed by atoms with Gasteiger partial charge in [0.05, 0.1) is 12.1 Å². The van der Waals surface area contributed by atoms with Gasteiger partial charge in [-0.2, -0.15) is 0 Å². The number of nitrogens with zero attached hydrogens (tertiary/aromatic N) is 2. The van der Waals surface area contributed by atoms with Gasteiger partial charge >= 0.3 is 0 Å². The molecule has 0 unspecified atom stereocenters. The summed E-state index contributed by atoms with van der Waals surface area (Å²) in [5.41, 5.74) is 8.18. The molecule has 0 radical (unpaired) electrons. The molecule has 2 aromatic rings. The Bertz CT molecular complexity index is 660. The van der Waals surface area contributed by atoms with E-state index in [9.17, 15) is 9.59 Å². The van der Waals surface area contributed by atoms with E-state index in [0.29, 0.717) is 12.1 Å². The third kappa shape index (κ3) is 2.43. The molecular formula is C16H15N3O2. The van der Waals surface area contributed by atoms with Crippen molar-refractivity contribution in [3.8, 4) is 0 Å². The van der Waals surface area contributed by atoms with Crippen LogP contribution in [0.25, 0.3) is 0 Å². The lowest BCUT2D eigenvalue weighted by molar-refractivity contribution is 0.0640. The molecule has 1 aliphatic rings. The number of imide groups is 1. The highest BCUT2D eigenvalue weighted by Crippen LogP contribution is 2.22. The van der Waals surface area contributed by atoms with E-state index in [1.54, 1.807) is 12.1 Å². The van der Waals surface area contributed by atoms with Gasteiger partial charge in [0.25, 0.3) is 11.8 Å². The summed E-state index contributed by atoms with van der Waals surface area (Å²) in [6.45, 7) is 0.861. The molecule has 5 nitrogen and oxygen atoms in total. The molecule has 21 heavy (non-hydrogen) atoms. The van der Waals surface area contributed by atoms with Gasteiger partial charge < -0.3 is 5.73 Å². The maximum Gasteiger partial charge on any atom is 0.280 e. The molecule has 0 bridgehead atoms. The first-order valence-electron chi connectivity index (χ1n) is 6.80. The molecule has 0 aliphatic carbocycles. The van der Waals surface area contributed by atoms with Crippen molar-refractivity contribution in [2.24, 2.45) is 5.73 Å². The molecule has 2 amide bonds. The Hall–Kier alpha value is -2.53. The first-order chi connectivity index (χ1) is 10.2. The smallest absolute Gasteiger partial charge is 0.280 e. The maximum absolute atomic E-state index is 12.2. The summed E-state index contributed by atoms with van der Waals surface area (Å²) in [4.78, 5) is 29.7. The third-order valence-electron chi connectivity index (χ3n) is 3.53. The molecule has 3 rings (SSSR count). The van der Waals surface area contributed by atoms with E-state index in [2.05, 4.69) is 4.98 Å². The molecule has 2 N–H and O–H groups in total. The summed E-state index contributed by atoms with van der Waals surface area (Å²) >= 11 is 0. The van der Waals surface area contributed by atoms with Crippen LogP contribution in [0.5, 0.6) is 0 Å². The van der Waals surface area contributed by atoms with Crippen LogP contribution in [0.3, 0.4) is 0 Å². The fraction of sp³-hybridized carbons (Fsp3) is 0.188.